The van der Waals surface area contributed by atoms with Crippen molar-refractivity contribution in [2.75, 3.05) is 12.3 Å². The number of nitrogens with one attached hydrogen (secondary N) is 1. The van der Waals surface area contributed by atoms with Gasteiger partial charge in [0.1, 0.15) is 18.2 Å². The number of rotatable bonds is 7. The van der Waals surface area contributed by atoms with Crippen LogP contribution in [0.4, 0.5) is 5.95 Å². The zero-order valence-electron chi connectivity index (χ0n) is 17.2. The summed E-state index contributed by atoms with van der Waals surface area (Å²) in [5.41, 5.74) is 8.09. The number of hydrogen-bond acceptors (Lipinski definition) is 5. The van der Waals surface area contributed by atoms with Crippen molar-refractivity contribution in [2.45, 2.75) is 13.0 Å². The molecule has 31 heavy (non-hydrogen) atoms. The first kappa shape index (κ1) is 20.2. The fourth-order valence-electron chi connectivity index (χ4n) is 3.49. The van der Waals surface area contributed by atoms with Crippen molar-refractivity contribution in [3.8, 4) is 11.6 Å². The van der Waals surface area contributed by atoms with Gasteiger partial charge in [-0.05, 0) is 30.7 Å². The lowest BCUT2D eigenvalue weighted by Crippen LogP contribution is -2.26. The van der Waals surface area contributed by atoms with Gasteiger partial charge in [0, 0.05) is 6.20 Å². The van der Waals surface area contributed by atoms with Gasteiger partial charge < -0.3 is 15.8 Å². The summed E-state index contributed by atoms with van der Waals surface area (Å²) in [5, 5.41) is 3.77. The summed E-state index contributed by atoms with van der Waals surface area (Å²) < 4.78 is 7.72. The van der Waals surface area contributed by atoms with Gasteiger partial charge in [-0.15, -0.1) is 0 Å². The Morgan fingerprint density at radius 3 is 2.77 bits per heavy atom. The molecule has 2 heterocycles. The van der Waals surface area contributed by atoms with Gasteiger partial charge >= 0.3 is 0 Å². The second-order valence-electron chi connectivity index (χ2n) is 7.04. The summed E-state index contributed by atoms with van der Waals surface area (Å²) in [6.07, 6.45) is 5.05. The highest BCUT2D eigenvalue weighted by molar-refractivity contribution is 6.09. The van der Waals surface area contributed by atoms with Crippen LogP contribution in [0.5, 0.6) is 5.75 Å². The van der Waals surface area contributed by atoms with Crippen LogP contribution in [-0.2, 0) is 0 Å². The second kappa shape index (κ2) is 8.71. The molecule has 2 aromatic carbocycles. The summed E-state index contributed by atoms with van der Waals surface area (Å²) in [5.74, 6) is 1.12. The van der Waals surface area contributed by atoms with Gasteiger partial charge in [-0.2, -0.15) is 4.98 Å². The number of anilines is 1. The number of carbonyl (C=O) groups is 1. The largest absolute Gasteiger partial charge is 0.487 e. The summed E-state index contributed by atoms with van der Waals surface area (Å²) in [6, 6.07) is 17.0. The Morgan fingerprint density at radius 2 is 2.03 bits per heavy atom. The molecule has 1 unspecified atom stereocenters. The van der Waals surface area contributed by atoms with Crippen LogP contribution in [0.2, 0.25) is 0 Å². The van der Waals surface area contributed by atoms with Crippen molar-refractivity contribution in [3.63, 3.8) is 0 Å². The van der Waals surface area contributed by atoms with E-state index >= 15 is 0 Å². The van der Waals surface area contributed by atoms with Gasteiger partial charge in [0.15, 0.2) is 0 Å². The summed E-state index contributed by atoms with van der Waals surface area (Å²) >= 11 is 0. The summed E-state index contributed by atoms with van der Waals surface area (Å²) in [4.78, 5) is 21.5. The topological polar surface area (TPSA) is 95.1 Å². The average molecular weight is 413 g/mol. The van der Waals surface area contributed by atoms with Gasteiger partial charge in [0.05, 0.1) is 28.7 Å². The molecule has 2 aromatic heterocycles. The molecule has 1 atom stereocenters. The number of carbonyl (C=O) groups excluding carboxylic acids is 1. The minimum atomic E-state index is -0.189. The van der Waals surface area contributed by atoms with E-state index in [4.69, 9.17) is 10.5 Å². The van der Waals surface area contributed by atoms with Gasteiger partial charge in [-0.1, -0.05) is 49.1 Å². The summed E-state index contributed by atoms with van der Waals surface area (Å²) in [7, 11) is 0. The van der Waals surface area contributed by atoms with E-state index in [0.717, 1.165) is 11.1 Å². The third kappa shape index (κ3) is 4.11. The number of ether oxygens (including phenoxy) is 1. The molecule has 0 spiro atoms. The van der Waals surface area contributed by atoms with Gasteiger partial charge in [0.2, 0.25) is 5.95 Å². The van der Waals surface area contributed by atoms with Crippen LogP contribution >= 0.6 is 0 Å². The molecule has 156 valence electrons. The standard InChI is InChI=1S/C24H23N5O2/c1-3-14-31-20-15-29(21-12-13-26-24(25)28-21)19-11-7-10-18(22(19)20)23(30)27-16(2)17-8-5-4-6-9-17/h3-13,15-16H,1,14H2,2H3,(H,27,30)(H2,25,26,28). The Labute approximate surface area is 180 Å². The van der Waals surface area contributed by atoms with Crippen molar-refractivity contribution in [3.05, 3.63) is 90.8 Å². The molecule has 0 aliphatic rings. The lowest BCUT2D eigenvalue weighted by Gasteiger charge is -2.15. The van der Waals surface area contributed by atoms with Crippen LogP contribution in [0.3, 0.4) is 0 Å². The molecule has 0 fully saturated rings. The maximum atomic E-state index is 13.2. The van der Waals surface area contributed by atoms with Crippen molar-refractivity contribution in [2.24, 2.45) is 0 Å². The number of nitrogens with zero attached hydrogens (tertiary/aromatic N) is 3. The van der Waals surface area contributed by atoms with Gasteiger partial charge in [-0.25, -0.2) is 4.98 Å². The molecule has 4 aromatic rings. The zero-order chi connectivity index (χ0) is 21.8. The Bertz CT molecular complexity index is 1230. The SMILES string of the molecule is C=CCOc1cn(-c2ccnc(N)n2)c2cccc(C(=O)NC(C)c3ccccc3)c12. The molecule has 7 nitrogen and oxygen atoms in total. The van der Waals surface area contributed by atoms with E-state index < -0.39 is 0 Å². The minimum absolute atomic E-state index is 0.148. The first-order chi connectivity index (χ1) is 15.1. The Hall–Kier alpha value is -4.13. The van der Waals surface area contributed by atoms with Crippen molar-refractivity contribution < 1.29 is 9.53 Å². The molecule has 1 amide bonds. The van der Waals surface area contributed by atoms with Crippen LogP contribution in [0.1, 0.15) is 28.9 Å². The molecule has 0 bridgehead atoms. The van der Waals surface area contributed by atoms with E-state index in [9.17, 15) is 4.79 Å². The predicted molar refractivity (Wildman–Crippen MR) is 121 cm³/mol. The van der Waals surface area contributed by atoms with E-state index in [0.29, 0.717) is 29.1 Å². The first-order valence-corrected chi connectivity index (χ1v) is 9.91. The van der Waals surface area contributed by atoms with E-state index in [2.05, 4.69) is 21.9 Å². The van der Waals surface area contributed by atoms with Crippen molar-refractivity contribution in [1.29, 1.82) is 0 Å². The molecule has 7 heteroatoms. The van der Waals surface area contributed by atoms with Crippen molar-refractivity contribution >= 4 is 22.8 Å². The highest BCUT2D eigenvalue weighted by atomic mass is 16.5. The third-order valence-corrected chi connectivity index (χ3v) is 4.95. The number of nitrogen functional groups attached to an aromatic ring is 1. The average Bonchev–Trinajstić information content (AvgIpc) is 3.17. The van der Waals surface area contributed by atoms with Crippen molar-refractivity contribution in [1.82, 2.24) is 19.9 Å². The fourth-order valence-corrected chi connectivity index (χ4v) is 3.49. The molecule has 0 saturated heterocycles. The smallest absolute Gasteiger partial charge is 0.252 e. The quantitative estimate of drug-likeness (QED) is 0.446. The molecule has 4 rings (SSSR count). The van der Waals surface area contributed by atoms with Gasteiger partial charge in [0.25, 0.3) is 5.91 Å². The van der Waals surface area contributed by atoms with Crippen LogP contribution in [0, 0.1) is 0 Å². The maximum absolute atomic E-state index is 13.2. The lowest BCUT2D eigenvalue weighted by molar-refractivity contribution is 0.0941. The predicted octanol–water partition coefficient (Wildman–Crippen LogP) is 4.06. The normalized spacial score (nSPS) is 11.8. The van der Waals surface area contributed by atoms with Crippen LogP contribution in [0.25, 0.3) is 16.7 Å². The van der Waals surface area contributed by atoms with Crippen LogP contribution in [-0.4, -0.2) is 27.0 Å². The molecule has 0 saturated carbocycles. The summed E-state index contributed by atoms with van der Waals surface area (Å²) in [6.45, 7) is 5.98. The third-order valence-electron chi connectivity index (χ3n) is 4.95. The first-order valence-electron chi connectivity index (χ1n) is 9.91. The molecule has 0 aliphatic carbocycles. The number of fused-ring (bicyclic) bond motifs is 1. The van der Waals surface area contributed by atoms with E-state index in [-0.39, 0.29) is 17.9 Å². The maximum Gasteiger partial charge on any atom is 0.252 e. The number of benzene rings is 2. The molecule has 0 aliphatic heterocycles. The molecular weight excluding hydrogens is 390 g/mol. The number of hydrogen-bond donors (Lipinski definition) is 2. The van der Waals surface area contributed by atoms with Crippen LogP contribution < -0.4 is 15.8 Å². The Balaban J connectivity index is 1.78. The van der Waals surface area contributed by atoms with E-state index in [1.807, 2.05) is 54.0 Å². The van der Waals surface area contributed by atoms with E-state index in [1.54, 1.807) is 30.6 Å². The van der Waals surface area contributed by atoms with Gasteiger partial charge in [-0.3, -0.25) is 9.36 Å². The number of nitrogens with two attached hydrogens (primary N) is 1. The molecular formula is C24H23N5O2. The zero-order valence-corrected chi connectivity index (χ0v) is 17.2. The minimum Gasteiger partial charge on any atom is -0.487 e. The number of amides is 1. The molecule has 0 radical (unpaired) electrons. The van der Waals surface area contributed by atoms with E-state index in [1.165, 1.54) is 0 Å². The molecule has 3 N–H and O–H groups in total. The van der Waals surface area contributed by atoms with Crippen LogP contribution in [0.15, 0.2) is 79.6 Å². The monoisotopic (exact) mass is 413 g/mol. The Morgan fingerprint density at radius 1 is 1.23 bits per heavy atom. The highest BCUT2D eigenvalue weighted by Gasteiger charge is 2.20. The lowest BCUT2D eigenvalue weighted by atomic mass is 10.1. The second-order valence-corrected chi connectivity index (χ2v) is 7.04. The Kier molecular flexibility index (Phi) is 5.66. The fraction of sp³-hybridized carbons (Fsp3) is 0.125. The number of aromatic nitrogens is 3. The highest BCUT2D eigenvalue weighted by Crippen LogP contribution is 2.33.